The molecule has 1 aliphatic carbocycles. The third kappa shape index (κ3) is 2.36. The van der Waals surface area contributed by atoms with E-state index in [-0.39, 0.29) is 6.04 Å². The zero-order valence-corrected chi connectivity index (χ0v) is 12.7. The van der Waals surface area contributed by atoms with E-state index in [1.54, 1.807) is 4.68 Å². The summed E-state index contributed by atoms with van der Waals surface area (Å²) in [4.78, 5) is 0. The van der Waals surface area contributed by atoms with Gasteiger partial charge in [-0.3, -0.25) is 4.68 Å². The van der Waals surface area contributed by atoms with Gasteiger partial charge in [-0.1, -0.05) is 29.8 Å². The Morgan fingerprint density at radius 3 is 2.80 bits per heavy atom. The van der Waals surface area contributed by atoms with Crippen LogP contribution in [0.15, 0.2) is 18.2 Å². The predicted octanol–water partition coefficient (Wildman–Crippen LogP) is 3.11. The molecule has 106 valence electrons. The molecule has 0 fully saturated rings. The van der Waals surface area contributed by atoms with Crippen LogP contribution in [0.1, 0.15) is 40.4 Å². The van der Waals surface area contributed by atoms with Crippen LogP contribution in [0.3, 0.4) is 0 Å². The molecule has 0 aliphatic heterocycles. The summed E-state index contributed by atoms with van der Waals surface area (Å²) in [5.74, 6) is 0. The zero-order valence-electron chi connectivity index (χ0n) is 12.0. The molecule has 0 spiro atoms. The van der Waals surface area contributed by atoms with Crippen molar-refractivity contribution in [3.05, 3.63) is 51.3 Å². The Hall–Kier alpha value is -1.32. The number of hydrogen-bond donors (Lipinski definition) is 1. The van der Waals surface area contributed by atoms with Crippen molar-refractivity contribution in [1.29, 1.82) is 0 Å². The molecule has 0 amide bonds. The first-order valence-electron chi connectivity index (χ1n) is 7.11. The summed E-state index contributed by atoms with van der Waals surface area (Å²) in [6.45, 7) is 1.98. The first-order chi connectivity index (χ1) is 9.56. The number of benzene rings is 1. The van der Waals surface area contributed by atoms with Crippen molar-refractivity contribution in [2.75, 3.05) is 0 Å². The minimum atomic E-state index is -0.0266. The molecule has 0 bridgehead atoms. The number of fused-ring (bicyclic) bond motifs is 1. The minimum Gasteiger partial charge on any atom is -0.324 e. The van der Waals surface area contributed by atoms with E-state index in [2.05, 4.69) is 23.3 Å². The van der Waals surface area contributed by atoms with Gasteiger partial charge in [-0.2, -0.15) is 5.10 Å². The van der Waals surface area contributed by atoms with Gasteiger partial charge in [-0.25, -0.2) is 0 Å². The van der Waals surface area contributed by atoms with Crippen LogP contribution in [0.2, 0.25) is 5.15 Å². The van der Waals surface area contributed by atoms with E-state index >= 15 is 0 Å². The van der Waals surface area contributed by atoms with Crippen molar-refractivity contribution in [2.24, 2.45) is 12.8 Å². The van der Waals surface area contributed by atoms with Crippen molar-refractivity contribution in [2.45, 2.75) is 38.6 Å². The molecule has 3 rings (SSSR count). The molecule has 1 unspecified atom stereocenters. The van der Waals surface area contributed by atoms with Crippen LogP contribution < -0.4 is 5.73 Å². The Kier molecular flexibility index (Phi) is 3.57. The minimum absolute atomic E-state index is 0.0266. The van der Waals surface area contributed by atoms with Gasteiger partial charge in [0.1, 0.15) is 5.15 Å². The van der Waals surface area contributed by atoms with Crippen LogP contribution in [0.4, 0.5) is 0 Å². The molecule has 1 heterocycles. The van der Waals surface area contributed by atoms with E-state index in [1.807, 2.05) is 14.0 Å². The average Bonchev–Trinajstić information content (AvgIpc) is 2.98. The van der Waals surface area contributed by atoms with Gasteiger partial charge in [-0.15, -0.1) is 0 Å². The van der Waals surface area contributed by atoms with Gasteiger partial charge in [-0.05, 0) is 49.3 Å². The van der Waals surface area contributed by atoms with Gasteiger partial charge in [0, 0.05) is 18.7 Å². The molecule has 4 heteroatoms. The Morgan fingerprint density at radius 1 is 1.35 bits per heavy atom. The monoisotopic (exact) mass is 289 g/mol. The number of hydrogen-bond acceptors (Lipinski definition) is 2. The fourth-order valence-corrected chi connectivity index (χ4v) is 3.32. The molecule has 0 saturated heterocycles. The van der Waals surface area contributed by atoms with Crippen LogP contribution in [0.5, 0.6) is 0 Å². The smallest absolute Gasteiger partial charge is 0.130 e. The summed E-state index contributed by atoms with van der Waals surface area (Å²) in [5, 5.41) is 5.04. The zero-order chi connectivity index (χ0) is 14.3. The lowest BCUT2D eigenvalue weighted by atomic mass is 9.97. The number of halogens is 1. The summed E-state index contributed by atoms with van der Waals surface area (Å²) in [6, 6.07) is 6.64. The number of nitrogens with two attached hydrogens (primary N) is 1. The number of nitrogens with zero attached hydrogens (tertiary/aromatic N) is 2. The summed E-state index contributed by atoms with van der Waals surface area (Å²) in [6.07, 6.45) is 4.39. The lowest BCUT2D eigenvalue weighted by molar-refractivity contribution is 0.717. The van der Waals surface area contributed by atoms with Crippen molar-refractivity contribution in [3.8, 4) is 0 Å². The summed E-state index contributed by atoms with van der Waals surface area (Å²) >= 11 is 6.28. The molecule has 1 aromatic carbocycles. The highest BCUT2D eigenvalue weighted by atomic mass is 35.5. The molecule has 20 heavy (non-hydrogen) atoms. The molecule has 3 nitrogen and oxygen atoms in total. The fraction of sp³-hybridized carbons (Fsp3) is 0.438. The molecule has 2 aromatic rings. The highest BCUT2D eigenvalue weighted by Gasteiger charge is 2.18. The molecule has 1 aromatic heterocycles. The van der Waals surface area contributed by atoms with Crippen molar-refractivity contribution in [3.63, 3.8) is 0 Å². The van der Waals surface area contributed by atoms with Crippen LogP contribution in [-0.2, 0) is 26.3 Å². The van der Waals surface area contributed by atoms with E-state index in [0.29, 0.717) is 5.15 Å². The molecule has 1 atom stereocenters. The first kappa shape index (κ1) is 13.7. The second-order valence-electron chi connectivity index (χ2n) is 5.67. The van der Waals surface area contributed by atoms with Gasteiger partial charge in [0.2, 0.25) is 0 Å². The van der Waals surface area contributed by atoms with Crippen LogP contribution >= 0.6 is 11.6 Å². The van der Waals surface area contributed by atoms with Crippen LogP contribution in [0.25, 0.3) is 0 Å². The maximum atomic E-state index is 6.37. The third-order valence-electron chi connectivity index (χ3n) is 4.24. The second-order valence-corrected chi connectivity index (χ2v) is 6.03. The van der Waals surface area contributed by atoms with Gasteiger partial charge in [0.25, 0.3) is 0 Å². The normalized spacial score (nSPS) is 15.4. The van der Waals surface area contributed by atoms with Gasteiger partial charge in [0.15, 0.2) is 0 Å². The molecule has 1 aliphatic rings. The first-order valence-corrected chi connectivity index (χ1v) is 7.49. The number of aromatic nitrogens is 2. The van der Waals surface area contributed by atoms with E-state index < -0.39 is 0 Å². The quantitative estimate of drug-likeness (QED) is 0.943. The standard InChI is InChI=1S/C16H20ClN3/c1-10-14(16(17)20(2)19-10)9-15(18)13-7-6-11-4-3-5-12(11)8-13/h6-8,15H,3-5,9,18H2,1-2H3. The van der Waals surface area contributed by atoms with Gasteiger partial charge < -0.3 is 5.73 Å². The second kappa shape index (κ2) is 5.23. The summed E-state index contributed by atoms with van der Waals surface area (Å²) < 4.78 is 1.71. The molecular weight excluding hydrogens is 270 g/mol. The van der Waals surface area contributed by atoms with Crippen LogP contribution in [0, 0.1) is 6.92 Å². The molecule has 0 saturated carbocycles. The lowest BCUT2D eigenvalue weighted by Gasteiger charge is -2.13. The van der Waals surface area contributed by atoms with Crippen molar-refractivity contribution in [1.82, 2.24) is 9.78 Å². The molecule has 0 radical (unpaired) electrons. The van der Waals surface area contributed by atoms with E-state index in [0.717, 1.165) is 17.7 Å². The van der Waals surface area contributed by atoms with E-state index in [4.69, 9.17) is 17.3 Å². The maximum Gasteiger partial charge on any atom is 0.130 e. The van der Waals surface area contributed by atoms with Crippen molar-refractivity contribution >= 4 is 11.6 Å². The predicted molar refractivity (Wildman–Crippen MR) is 82.1 cm³/mol. The highest BCUT2D eigenvalue weighted by molar-refractivity contribution is 6.30. The topological polar surface area (TPSA) is 43.8 Å². The largest absolute Gasteiger partial charge is 0.324 e. The summed E-state index contributed by atoms with van der Waals surface area (Å²) in [5.41, 5.74) is 12.5. The Morgan fingerprint density at radius 2 is 2.10 bits per heavy atom. The Balaban J connectivity index is 1.84. The molecule has 2 N–H and O–H groups in total. The van der Waals surface area contributed by atoms with Crippen LogP contribution in [-0.4, -0.2) is 9.78 Å². The SMILES string of the molecule is Cc1nn(C)c(Cl)c1CC(N)c1ccc2c(c1)CCC2. The van der Waals surface area contributed by atoms with Crippen molar-refractivity contribution < 1.29 is 0 Å². The summed E-state index contributed by atoms with van der Waals surface area (Å²) in [7, 11) is 1.86. The maximum absolute atomic E-state index is 6.37. The third-order valence-corrected chi connectivity index (χ3v) is 4.72. The Labute approximate surface area is 124 Å². The fourth-order valence-electron chi connectivity index (χ4n) is 3.07. The molecular formula is C16H20ClN3. The lowest BCUT2D eigenvalue weighted by Crippen LogP contribution is -2.14. The number of aryl methyl sites for hydroxylation is 4. The van der Waals surface area contributed by atoms with Gasteiger partial charge >= 0.3 is 0 Å². The van der Waals surface area contributed by atoms with E-state index in [9.17, 15) is 0 Å². The van der Waals surface area contributed by atoms with Gasteiger partial charge in [0.05, 0.1) is 5.69 Å². The van der Waals surface area contributed by atoms with E-state index in [1.165, 1.54) is 36.0 Å². The average molecular weight is 290 g/mol. The Bertz CT molecular complexity index is 645. The number of rotatable bonds is 3. The highest BCUT2D eigenvalue weighted by Crippen LogP contribution is 2.28.